The molecule has 2 aliphatic rings. The Morgan fingerprint density at radius 3 is 1.84 bits per heavy atom. The number of Topliss-reactive ketones (excluding diaryl/α,β-unsaturated/α-hetero) is 1. The van der Waals surface area contributed by atoms with Crippen molar-refractivity contribution in [1.82, 2.24) is 15.5 Å². The van der Waals surface area contributed by atoms with Crippen LogP contribution in [0.5, 0.6) is 0 Å². The zero-order valence-corrected chi connectivity index (χ0v) is 22.9. The van der Waals surface area contributed by atoms with E-state index in [1.165, 1.54) is 52.5 Å². The summed E-state index contributed by atoms with van der Waals surface area (Å²) in [6.45, 7) is 13.1. The molecule has 7 nitrogen and oxygen atoms in total. The Morgan fingerprint density at radius 2 is 1.49 bits per heavy atom. The predicted molar refractivity (Wildman–Crippen MR) is 148 cm³/mol. The number of hydrogen-bond donors (Lipinski definition) is 3. The highest BCUT2D eigenvalue weighted by Crippen LogP contribution is 2.31. The Labute approximate surface area is 221 Å². The van der Waals surface area contributed by atoms with Gasteiger partial charge in [-0.2, -0.15) is 0 Å². The minimum Gasteiger partial charge on any atom is -0.369 e. The maximum Gasteiger partial charge on any atom is 0.234 e. The van der Waals surface area contributed by atoms with Gasteiger partial charge in [0.2, 0.25) is 11.8 Å². The largest absolute Gasteiger partial charge is 0.369 e. The molecule has 0 radical (unpaired) electrons. The second kappa shape index (κ2) is 13.2. The van der Waals surface area contributed by atoms with Gasteiger partial charge in [-0.25, -0.2) is 0 Å². The first-order valence-corrected chi connectivity index (χ1v) is 12.8. The van der Waals surface area contributed by atoms with Gasteiger partial charge in [0.05, 0.1) is 0 Å². The molecule has 37 heavy (non-hydrogen) atoms. The molecule has 4 rings (SSSR count). The lowest BCUT2D eigenvalue weighted by Crippen LogP contribution is -2.75. The van der Waals surface area contributed by atoms with Crippen LogP contribution in [0, 0.1) is 17.3 Å². The average molecular weight is 505 g/mol. The first-order chi connectivity index (χ1) is 17.5. The molecular formula is C30H40N4O3. The quantitative estimate of drug-likeness (QED) is 0.330. The van der Waals surface area contributed by atoms with Crippen LogP contribution >= 0.6 is 0 Å². The third kappa shape index (κ3) is 8.01. The van der Waals surface area contributed by atoms with Crippen LogP contribution in [0.3, 0.4) is 0 Å². The molecule has 1 spiro atoms. The Balaban J connectivity index is 0.000000341. The van der Waals surface area contributed by atoms with E-state index in [1.807, 2.05) is 38.1 Å². The van der Waals surface area contributed by atoms with Gasteiger partial charge in [-0.15, -0.1) is 0 Å². The summed E-state index contributed by atoms with van der Waals surface area (Å²) < 4.78 is 0. The number of nitrogens with two attached hydrogens (primary N) is 1. The van der Waals surface area contributed by atoms with Crippen molar-refractivity contribution < 1.29 is 14.4 Å². The van der Waals surface area contributed by atoms with E-state index in [9.17, 15) is 14.4 Å². The number of nitrogens with one attached hydrogen (secondary N) is 2. The van der Waals surface area contributed by atoms with Crippen molar-refractivity contribution in [2.45, 2.75) is 53.1 Å². The molecular weight excluding hydrogens is 464 g/mol. The fourth-order valence-corrected chi connectivity index (χ4v) is 3.98. The van der Waals surface area contributed by atoms with Gasteiger partial charge in [0.1, 0.15) is 5.41 Å². The van der Waals surface area contributed by atoms with Crippen LogP contribution < -0.4 is 16.4 Å². The van der Waals surface area contributed by atoms with E-state index >= 15 is 0 Å². The average Bonchev–Trinajstić information content (AvgIpc) is 2.85. The van der Waals surface area contributed by atoms with E-state index in [0.29, 0.717) is 5.54 Å². The Bertz CT molecular complexity index is 1130. The maximum absolute atomic E-state index is 11.3. The summed E-state index contributed by atoms with van der Waals surface area (Å²) in [7, 11) is 1.47. The molecule has 2 aromatic carbocycles. The van der Waals surface area contributed by atoms with Gasteiger partial charge in [-0.3, -0.25) is 19.3 Å². The van der Waals surface area contributed by atoms with Crippen molar-refractivity contribution in [2.75, 3.05) is 26.7 Å². The Hall–Kier alpha value is -3.47. The third-order valence-corrected chi connectivity index (χ3v) is 6.57. The van der Waals surface area contributed by atoms with Crippen LogP contribution in [0.15, 0.2) is 48.5 Å². The van der Waals surface area contributed by atoms with Crippen molar-refractivity contribution in [2.24, 2.45) is 11.1 Å². The number of rotatable bonds is 5. The molecule has 7 heteroatoms. The monoisotopic (exact) mass is 504 g/mol. The van der Waals surface area contributed by atoms with Crippen LogP contribution in [-0.4, -0.2) is 54.7 Å². The summed E-state index contributed by atoms with van der Waals surface area (Å²) in [5, 5.41) is 5.89. The van der Waals surface area contributed by atoms with Crippen LogP contribution in [0.25, 0.3) is 0 Å². The van der Waals surface area contributed by atoms with E-state index < -0.39 is 11.3 Å². The molecule has 2 fully saturated rings. The normalized spacial score (nSPS) is 15.2. The Morgan fingerprint density at radius 1 is 1.00 bits per heavy atom. The lowest BCUT2D eigenvalue weighted by Gasteiger charge is -2.56. The van der Waals surface area contributed by atoms with Gasteiger partial charge in [0.15, 0.2) is 5.78 Å². The second-order valence-corrected chi connectivity index (χ2v) is 9.75. The molecule has 0 atom stereocenters. The van der Waals surface area contributed by atoms with Crippen LogP contribution in [0.2, 0.25) is 0 Å². The van der Waals surface area contributed by atoms with Gasteiger partial charge in [-0.05, 0) is 63.6 Å². The summed E-state index contributed by atoms with van der Waals surface area (Å²) in [4.78, 5) is 35.2. The number of nitrogens with zero attached hydrogens (tertiary/aromatic N) is 1. The fraction of sp³-hybridized carbons (Fsp3) is 0.433. The number of benzene rings is 2. The van der Waals surface area contributed by atoms with E-state index in [4.69, 9.17) is 5.73 Å². The number of amides is 2. The number of carbonyl (C=O) groups is 3. The van der Waals surface area contributed by atoms with Crippen molar-refractivity contribution >= 4 is 17.6 Å². The minimum absolute atomic E-state index is 0.0799. The zero-order valence-electron chi connectivity index (χ0n) is 22.9. The second-order valence-electron chi connectivity index (χ2n) is 9.75. The summed E-state index contributed by atoms with van der Waals surface area (Å²) in [6, 6.07) is 16.0. The summed E-state index contributed by atoms with van der Waals surface area (Å²) in [5.41, 5.74) is 8.29. The number of likely N-dealkylation sites (tertiary alicyclic amines) is 1. The molecule has 2 saturated heterocycles. The predicted octanol–water partition coefficient (Wildman–Crippen LogP) is 3.11. The maximum atomic E-state index is 11.3. The van der Waals surface area contributed by atoms with E-state index in [2.05, 4.69) is 51.6 Å². The van der Waals surface area contributed by atoms with Gasteiger partial charge in [0, 0.05) is 48.9 Å². The van der Waals surface area contributed by atoms with Crippen molar-refractivity contribution in [3.05, 3.63) is 70.8 Å². The molecule has 0 bridgehead atoms. The number of carbonyl (C=O) groups excluding carboxylic acids is 3. The molecule has 0 aromatic heterocycles. The van der Waals surface area contributed by atoms with Crippen LogP contribution in [0.1, 0.15) is 68.1 Å². The zero-order chi connectivity index (χ0) is 27.6. The lowest BCUT2D eigenvalue weighted by atomic mass is 9.80. The molecule has 0 aliphatic carbocycles. The number of hydrogen-bond acceptors (Lipinski definition) is 5. The van der Waals surface area contributed by atoms with Crippen molar-refractivity contribution in [3.8, 4) is 11.8 Å². The van der Waals surface area contributed by atoms with Gasteiger partial charge >= 0.3 is 0 Å². The highest BCUT2D eigenvalue weighted by atomic mass is 16.2. The van der Waals surface area contributed by atoms with E-state index in [0.717, 1.165) is 23.2 Å². The minimum atomic E-state index is -1.10. The van der Waals surface area contributed by atoms with Gasteiger partial charge in [0.25, 0.3) is 0 Å². The fourth-order valence-electron chi connectivity index (χ4n) is 3.98. The summed E-state index contributed by atoms with van der Waals surface area (Å²) >= 11 is 0. The highest BCUT2D eigenvalue weighted by Gasteiger charge is 2.46. The molecule has 2 aromatic rings. The summed E-state index contributed by atoms with van der Waals surface area (Å²) in [5.74, 6) is 5.45. The molecule has 4 N–H and O–H groups in total. The van der Waals surface area contributed by atoms with E-state index in [-0.39, 0.29) is 11.7 Å². The Kier molecular flexibility index (Phi) is 10.6. The van der Waals surface area contributed by atoms with Crippen molar-refractivity contribution in [1.29, 1.82) is 0 Å². The molecule has 0 unspecified atom stereocenters. The smallest absolute Gasteiger partial charge is 0.234 e. The molecule has 2 amide bonds. The molecule has 2 aliphatic heterocycles. The summed E-state index contributed by atoms with van der Waals surface area (Å²) in [6.07, 6.45) is 1.32. The number of primary amides is 1. The van der Waals surface area contributed by atoms with Gasteiger partial charge in [-0.1, -0.05) is 50.0 Å². The first kappa shape index (κ1) is 29.8. The van der Waals surface area contributed by atoms with Crippen molar-refractivity contribution in [3.63, 3.8) is 0 Å². The van der Waals surface area contributed by atoms with Gasteiger partial charge < -0.3 is 16.4 Å². The third-order valence-electron chi connectivity index (χ3n) is 6.57. The van der Waals surface area contributed by atoms with E-state index in [1.54, 1.807) is 6.92 Å². The molecule has 198 valence electrons. The topological polar surface area (TPSA) is 105 Å². The van der Waals surface area contributed by atoms with Crippen LogP contribution in [-0.2, 0) is 16.1 Å². The standard InChI is InChI=1S/C22H22N2O.C6H12N2O2.C2H6/c1-17(25)21-10-8-19(9-11-21)3-2-18-4-6-20(7-5-18)14-24-15-22(16-24)12-13-23-22;1-6(2,4(7)9)5(10)8-3;1-2/h4-11,23H,12-16H2,1H3;1-3H3,(H2,7,9)(H,8,10);1-2H3. The lowest BCUT2D eigenvalue weighted by molar-refractivity contribution is -0.139. The SMILES string of the molecule is CC.CC(=O)c1ccc(C#Cc2ccc(CN3CC4(CCN4)C3)cc2)cc1.CNC(=O)C(C)(C)C(N)=O. The number of ketones is 1. The molecule has 2 heterocycles. The first-order valence-electron chi connectivity index (χ1n) is 12.8. The highest BCUT2D eigenvalue weighted by molar-refractivity contribution is 6.03. The van der Waals surface area contributed by atoms with Crippen LogP contribution in [0.4, 0.5) is 0 Å². The molecule has 0 saturated carbocycles.